The number of primary amides is 1. The van der Waals surface area contributed by atoms with Gasteiger partial charge >= 0.3 is 0 Å². The standard InChI is InChI=1S/C21H19F2N5O2/c22-13-7-21(8-13,18-16(23)5-2-6-25-18)11-28-20-26-9-12(10-27-20)14-3-1-4-15(17(14)29)19(24)30/h1-6,9-10,13,29H,7-8,11H2,(H2,24,30)(H,26,27,28)/t13-,21-. The Hall–Kier alpha value is -3.62. The Morgan fingerprint density at radius 1 is 1.20 bits per heavy atom. The molecule has 0 bridgehead atoms. The topological polar surface area (TPSA) is 114 Å². The number of nitrogens with zero attached hydrogens (tertiary/aromatic N) is 3. The fraction of sp³-hybridized carbons (Fsp3) is 0.238. The van der Waals surface area contributed by atoms with Crippen LogP contribution in [-0.4, -0.2) is 38.7 Å². The molecule has 1 aromatic carbocycles. The van der Waals surface area contributed by atoms with Gasteiger partial charge in [-0.05, 0) is 31.0 Å². The molecule has 1 amide bonds. The fourth-order valence-electron chi connectivity index (χ4n) is 3.77. The van der Waals surface area contributed by atoms with Gasteiger partial charge in [0.25, 0.3) is 5.91 Å². The van der Waals surface area contributed by atoms with Gasteiger partial charge in [0, 0.05) is 41.7 Å². The first-order valence-electron chi connectivity index (χ1n) is 9.33. The maximum Gasteiger partial charge on any atom is 0.252 e. The third-order valence-electron chi connectivity index (χ3n) is 5.33. The van der Waals surface area contributed by atoms with Gasteiger partial charge in [0.1, 0.15) is 17.7 Å². The molecule has 0 aliphatic heterocycles. The van der Waals surface area contributed by atoms with Crippen molar-refractivity contribution in [2.24, 2.45) is 5.73 Å². The Morgan fingerprint density at radius 2 is 1.93 bits per heavy atom. The average Bonchev–Trinajstić information content (AvgIpc) is 2.71. The van der Waals surface area contributed by atoms with Crippen molar-refractivity contribution in [1.82, 2.24) is 15.0 Å². The van der Waals surface area contributed by atoms with E-state index in [-0.39, 0.29) is 42.3 Å². The van der Waals surface area contributed by atoms with Crippen LogP contribution in [0.1, 0.15) is 28.9 Å². The number of hydrogen-bond donors (Lipinski definition) is 3. The minimum atomic E-state index is -1.00. The van der Waals surface area contributed by atoms with E-state index >= 15 is 0 Å². The van der Waals surface area contributed by atoms with Crippen LogP contribution in [0.25, 0.3) is 11.1 Å². The van der Waals surface area contributed by atoms with Crippen LogP contribution in [0.4, 0.5) is 14.7 Å². The summed E-state index contributed by atoms with van der Waals surface area (Å²) in [4.78, 5) is 23.9. The number of halogens is 2. The molecule has 2 aromatic heterocycles. The summed E-state index contributed by atoms with van der Waals surface area (Å²) in [7, 11) is 0. The molecule has 0 spiro atoms. The van der Waals surface area contributed by atoms with E-state index in [0.717, 1.165) is 0 Å². The molecule has 0 unspecified atom stereocenters. The predicted molar refractivity (Wildman–Crippen MR) is 106 cm³/mol. The van der Waals surface area contributed by atoms with Gasteiger partial charge in [-0.2, -0.15) is 0 Å². The molecule has 0 saturated heterocycles. The Labute approximate surface area is 171 Å². The lowest BCUT2D eigenvalue weighted by atomic mass is 9.65. The highest BCUT2D eigenvalue weighted by Gasteiger charge is 2.48. The third kappa shape index (κ3) is 3.54. The molecule has 4 N–H and O–H groups in total. The summed E-state index contributed by atoms with van der Waals surface area (Å²) < 4.78 is 27.9. The van der Waals surface area contributed by atoms with E-state index < -0.39 is 23.3 Å². The molecule has 1 saturated carbocycles. The molecule has 30 heavy (non-hydrogen) atoms. The summed E-state index contributed by atoms with van der Waals surface area (Å²) >= 11 is 0. The molecule has 154 valence electrons. The number of hydrogen-bond acceptors (Lipinski definition) is 6. The number of phenols is 1. The number of rotatable bonds is 6. The summed E-state index contributed by atoms with van der Waals surface area (Å²) in [5.41, 5.74) is 5.57. The first-order chi connectivity index (χ1) is 14.4. The van der Waals surface area contributed by atoms with Crippen molar-refractivity contribution in [3.63, 3.8) is 0 Å². The molecule has 0 radical (unpaired) electrons. The Kier molecular flexibility index (Phi) is 5.03. The highest BCUT2D eigenvalue weighted by Crippen LogP contribution is 2.45. The van der Waals surface area contributed by atoms with Crippen LogP contribution < -0.4 is 11.1 Å². The number of pyridine rings is 1. The van der Waals surface area contributed by atoms with Crippen molar-refractivity contribution in [3.05, 3.63) is 66.0 Å². The molecule has 1 aliphatic rings. The van der Waals surface area contributed by atoms with Crippen LogP contribution in [0.15, 0.2) is 48.9 Å². The number of benzene rings is 1. The van der Waals surface area contributed by atoms with Crippen LogP contribution in [-0.2, 0) is 5.41 Å². The Bertz CT molecular complexity index is 1090. The SMILES string of the molecule is NC(=O)c1cccc(-c2cnc(NC[C@]3(c4ncccc4F)C[C@H](F)C3)nc2)c1O. The van der Waals surface area contributed by atoms with E-state index in [1.807, 2.05) is 0 Å². The number of carbonyl (C=O) groups excluding carboxylic acids is 1. The largest absolute Gasteiger partial charge is 0.506 e. The number of alkyl halides is 1. The molecular formula is C21H19F2N5O2. The number of anilines is 1. The zero-order chi connectivity index (χ0) is 21.3. The van der Waals surface area contributed by atoms with E-state index in [0.29, 0.717) is 11.1 Å². The van der Waals surface area contributed by atoms with Crippen LogP contribution in [0.2, 0.25) is 0 Å². The lowest BCUT2D eigenvalue weighted by Crippen LogP contribution is -2.49. The van der Waals surface area contributed by atoms with E-state index in [1.54, 1.807) is 12.1 Å². The lowest BCUT2D eigenvalue weighted by Gasteiger charge is -2.43. The summed E-state index contributed by atoms with van der Waals surface area (Å²) in [6.07, 6.45) is 3.77. The number of para-hydroxylation sites is 1. The van der Waals surface area contributed by atoms with Gasteiger partial charge in [0.2, 0.25) is 5.95 Å². The minimum absolute atomic E-state index is 0.000193. The van der Waals surface area contributed by atoms with Gasteiger partial charge in [-0.15, -0.1) is 0 Å². The lowest BCUT2D eigenvalue weighted by molar-refractivity contribution is 0.0963. The number of nitrogens with two attached hydrogens (primary N) is 1. The summed E-state index contributed by atoms with van der Waals surface area (Å²) in [5, 5.41) is 13.3. The first kappa shape index (κ1) is 19.7. The summed E-state index contributed by atoms with van der Waals surface area (Å²) in [6, 6.07) is 7.44. The number of aromatic hydroxyl groups is 1. The van der Waals surface area contributed by atoms with Gasteiger partial charge in [-0.25, -0.2) is 18.7 Å². The molecule has 4 rings (SSSR count). The number of carbonyl (C=O) groups is 1. The molecule has 3 aromatic rings. The maximum atomic E-state index is 14.2. The monoisotopic (exact) mass is 411 g/mol. The van der Waals surface area contributed by atoms with Crippen LogP contribution in [0.3, 0.4) is 0 Å². The number of aromatic nitrogens is 3. The minimum Gasteiger partial charge on any atom is -0.506 e. The van der Waals surface area contributed by atoms with Crippen LogP contribution in [0, 0.1) is 5.82 Å². The number of nitrogens with one attached hydrogen (secondary N) is 1. The molecule has 0 atom stereocenters. The Balaban J connectivity index is 1.52. The molecule has 2 heterocycles. The summed E-state index contributed by atoms with van der Waals surface area (Å²) in [5.74, 6) is -1.19. The van der Waals surface area contributed by atoms with E-state index in [4.69, 9.17) is 5.73 Å². The number of amides is 1. The van der Waals surface area contributed by atoms with Crippen molar-refractivity contribution in [3.8, 4) is 16.9 Å². The van der Waals surface area contributed by atoms with Gasteiger partial charge < -0.3 is 16.2 Å². The second-order valence-corrected chi connectivity index (χ2v) is 7.33. The predicted octanol–water partition coefficient (Wildman–Crippen LogP) is 2.96. The first-order valence-corrected chi connectivity index (χ1v) is 9.33. The molecule has 1 fully saturated rings. The Morgan fingerprint density at radius 3 is 2.57 bits per heavy atom. The average molecular weight is 411 g/mol. The highest BCUT2D eigenvalue weighted by atomic mass is 19.1. The molecule has 1 aliphatic carbocycles. The van der Waals surface area contributed by atoms with Crippen LogP contribution >= 0.6 is 0 Å². The smallest absolute Gasteiger partial charge is 0.252 e. The van der Waals surface area contributed by atoms with E-state index in [9.17, 15) is 18.7 Å². The molecule has 7 nitrogen and oxygen atoms in total. The quantitative estimate of drug-likeness (QED) is 0.575. The summed E-state index contributed by atoms with van der Waals surface area (Å²) in [6.45, 7) is 0.225. The second-order valence-electron chi connectivity index (χ2n) is 7.33. The van der Waals surface area contributed by atoms with E-state index in [1.165, 1.54) is 36.8 Å². The van der Waals surface area contributed by atoms with E-state index in [2.05, 4.69) is 20.3 Å². The van der Waals surface area contributed by atoms with Gasteiger partial charge in [0.05, 0.1) is 11.3 Å². The van der Waals surface area contributed by atoms with Crippen molar-refractivity contribution >= 4 is 11.9 Å². The van der Waals surface area contributed by atoms with Gasteiger partial charge in [-0.1, -0.05) is 12.1 Å². The zero-order valence-electron chi connectivity index (χ0n) is 15.8. The zero-order valence-corrected chi connectivity index (χ0v) is 15.8. The van der Waals surface area contributed by atoms with Crippen molar-refractivity contribution in [1.29, 1.82) is 0 Å². The van der Waals surface area contributed by atoms with Crippen molar-refractivity contribution in [2.75, 3.05) is 11.9 Å². The molecular weight excluding hydrogens is 392 g/mol. The highest BCUT2D eigenvalue weighted by molar-refractivity contribution is 5.98. The van der Waals surface area contributed by atoms with Crippen molar-refractivity contribution in [2.45, 2.75) is 24.4 Å². The second kappa shape index (κ2) is 7.66. The fourth-order valence-corrected chi connectivity index (χ4v) is 3.77. The third-order valence-corrected chi connectivity index (χ3v) is 5.33. The van der Waals surface area contributed by atoms with Crippen molar-refractivity contribution < 1.29 is 18.7 Å². The molecule has 9 heteroatoms. The van der Waals surface area contributed by atoms with Crippen LogP contribution in [0.5, 0.6) is 5.75 Å². The normalized spacial score (nSPS) is 20.4. The van der Waals surface area contributed by atoms with Gasteiger partial charge in [0.15, 0.2) is 0 Å². The maximum absolute atomic E-state index is 14.2. The van der Waals surface area contributed by atoms with Gasteiger partial charge in [-0.3, -0.25) is 9.78 Å².